The number of nitrogens with two attached hydrogens (primary N) is 1. The molecule has 0 aliphatic rings. The molecule has 0 heterocycles. The summed E-state index contributed by atoms with van der Waals surface area (Å²) in [6.45, 7) is -0.0402. The smallest absolute Gasteiger partial charge is 0.249 e. The number of benzene rings is 2. The molecule has 0 aliphatic heterocycles. The van der Waals surface area contributed by atoms with Crippen LogP contribution in [0.4, 0.5) is 0 Å². The number of aliphatic hydroxyl groups excluding tert-OH is 1. The van der Waals surface area contributed by atoms with Crippen LogP contribution < -0.4 is 10.5 Å². The van der Waals surface area contributed by atoms with Gasteiger partial charge in [0.15, 0.2) is 0 Å². The maximum atomic E-state index is 11.1. The van der Waals surface area contributed by atoms with Gasteiger partial charge in [0, 0.05) is 4.47 Å². The Balaban J connectivity index is 2.23. The van der Waals surface area contributed by atoms with Gasteiger partial charge in [0.25, 0.3) is 0 Å². The monoisotopic (exact) mass is 321 g/mol. The van der Waals surface area contributed by atoms with Crippen LogP contribution in [0.1, 0.15) is 15.9 Å². The molecule has 4 nitrogen and oxygen atoms in total. The van der Waals surface area contributed by atoms with Crippen molar-refractivity contribution in [2.24, 2.45) is 5.73 Å². The lowest BCUT2D eigenvalue weighted by Crippen LogP contribution is -2.11. The van der Waals surface area contributed by atoms with Gasteiger partial charge in [-0.05, 0) is 51.8 Å². The molecule has 0 atom stereocenters. The third kappa shape index (κ3) is 3.33. The fourth-order valence-electron chi connectivity index (χ4n) is 1.60. The van der Waals surface area contributed by atoms with Gasteiger partial charge in [-0.2, -0.15) is 0 Å². The van der Waals surface area contributed by atoms with Gasteiger partial charge in [-0.25, -0.2) is 0 Å². The number of carbonyl (C=O) groups is 1. The van der Waals surface area contributed by atoms with Crippen LogP contribution in [0.3, 0.4) is 0 Å². The molecule has 0 saturated heterocycles. The number of halogens is 1. The second kappa shape index (κ2) is 5.86. The lowest BCUT2D eigenvalue weighted by atomic mass is 10.2. The summed E-state index contributed by atoms with van der Waals surface area (Å²) in [4.78, 5) is 11.1. The third-order valence-electron chi connectivity index (χ3n) is 2.52. The summed E-state index contributed by atoms with van der Waals surface area (Å²) in [7, 11) is 0. The molecule has 2 aromatic rings. The summed E-state index contributed by atoms with van der Waals surface area (Å²) in [6, 6.07) is 12.1. The van der Waals surface area contributed by atoms with Gasteiger partial charge in [0.2, 0.25) is 5.91 Å². The van der Waals surface area contributed by atoms with E-state index in [0.29, 0.717) is 21.5 Å². The summed E-state index contributed by atoms with van der Waals surface area (Å²) >= 11 is 3.27. The van der Waals surface area contributed by atoms with E-state index in [-0.39, 0.29) is 6.61 Å². The minimum absolute atomic E-state index is 0.0402. The van der Waals surface area contributed by atoms with Crippen LogP contribution in [0.15, 0.2) is 46.9 Å². The molecule has 1 amide bonds. The lowest BCUT2D eigenvalue weighted by molar-refractivity contribution is 0.0999. The van der Waals surface area contributed by atoms with Crippen molar-refractivity contribution in [1.29, 1.82) is 0 Å². The van der Waals surface area contributed by atoms with E-state index in [9.17, 15) is 4.79 Å². The molecule has 0 radical (unpaired) electrons. The molecule has 5 heteroatoms. The third-order valence-corrected chi connectivity index (χ3v) is 3.18. The predicted octanol–water partition coefficient (Wildman–Crippen LogP) is 2.83. The summed E-state index contributed by atoms with van der Waals surface area (Å²) < 4.78 is 6.22. The second-order valence-electron chi connectivity index (χ2n) is 3.91. The SMILES string of the molecule is NC(=O)c1ccc(Oc2cccc(CO)c2)cc1Br. The number of aliphatic hydroxyl groups is 1. The molecule has 0 fully saturated rings. The van der Waals surface area contributed by atoms with E-state index in [1.165, 1.54) is 0 Å². The molecular weight excluding hydrogens is 310 g/mol. The van der Waals surface area contributed by atoms with Crippen molar-refractivity contribution in [3.05, 3.63) is 58.1 Å². The zero-order valence-electron chi connectivity index (χ0n) is 9.97. The number of primary amides is 1. The summed E-state index contributed by atoms with van der Waals surface area (Å²) in [5.74, 6) is 0.693. The molecular formula is C14H12BrNO3. The highest BCUT2D eigenvalue weighted by Gasteiger charge is 2.07. The van der Waals surface area contributed by atoms with E-state index in [1.807, 2.05) is 0 Å². The number of amides is 1. The van der Waals surface area contributed by atoms with Crippen molar-refractivity contribution in [2.45, 2.75) is 6.61 Å². The first kappa shape index (κ1) is 13.6. The van der Waals surface area contributed by atoms with Crippen LogP contribution >= 0.6 is 15.9 Å². The van der Waals surface area contributed by atoms with Crippen LogP contribution in [0.5, 0.6) is 11.5 Å². The zero-order valence-corrected chi connectivity index (χ0v) is 11.6. The zero-order chi connectivity index (χ0) is 13.8. The van der Waals surface area contributed by atoms with Gasteiger partial charge in [-0.15, -0.1) is 0 Å². The number of hydrogen-bond acceptors (Lipinski definition) is 3. The topological polar surface area (TPSA) is 72.6 Å². The summed E-state index contributed by atoms with van der Waals surface area (Å²) in [6.07, 6.45) is 0. The minimum atomic E-state index is -0.499. The van der Waals surface area contributed by atoms with E-state index in [0.717, 1.165) is 5.56 Å². The van der Waals surface area contributed by atoms with Crippen LogP contribution in [-0.4, -0.2) is 11.0 Å². The maximum Gasteiger partial charge on any atom is 0.249 e. The Morgan fingerprint density at radius 1 is 1.21 bits per heavy atom. The van der Waals surface area contributed by atoms with E-state index < -0.39 is 5.91 Å². The van der Waals surface area contributed by atoms with Crippen LogP contribution in [-0.2, 0) is 6.61 Å². The van der Waals surface area contributed by atoms with Gasteiger partial charge in [0.1, 0.15) is 11.5 Å². The van der Waals surface area contributed by atoms with Gasteiger partial charge in [-0.3, -0.25) is 4.79 Å². The molecule has 19 heavy (non-hydrogen) atoms. The molecule has 0 spiro atoms. The molecule has 0 saturated carbocycles. The van der Waals surface area contributed by atoms with E-state index >= 15 is 0 Å². The lowest BCUT2D eigenvalue weighted by Gasteiger charge is -2.08. The predicted molar refractivity (Wildman–Crippen MR) is 75.1 cm³/mol. The Hall–Kier alpha value is -1.85. The van der Waals surface area contributed by atoms with Gasteiger partial charge in [-0.1, -0.05) is 12.1 Å². The number of ether oxygens (including phenoxy) is 1. The Labute approximate surface area is 118 Å². The molecule has 2 aromatic carbocycles. The Kier molecular flexibility index (Phi) is 4.19. The van der Waals surface area contributed by atoms with Crippen molar-refractivity contribution in [1.82, 2.24) is 0 Å². The molecule has 0 unspecified atom stereocenters. The first-order chi connectivity index (χ1) is 9.10. The van der Waals surface area contributed by atoms with E-state index in [1.54, 1.807) is 42.5 Å². The number of hydrogen-bond donors (Lipinski definition) is 2. The molecule has 3 N–H and O–H groups in total. The minimum Gasteiger partial charge on any atom is -0.457 e. The highest BCUT2D eigenvalue weighted by atomic mass is 79.9. The molecule has 98 valence electrons. The standard InChI is InChI=1S/C14H12BrNO3/c15-13-7-11(4-5-12(13)14(16)18)19-10-3-1-2-9(6-10)8-17/h1-7,17H,8H2,(H2,16,18). The van der Waals surface area contributed by atoms with E-state index in [2.05, 4.69) is 15.9 Å². The summed E-state index contributed by atoms with van der Waals surface area (Å²) in [5.41, 5.74) is 6.39. The van der Waals surface area contributed by atoms with Gasteiger partial charge in [0.05, 0.1) is 12.2 Å². The first-order valence-corrected chi connectivity index (χ1v) is 6.36. The Morgan fingerprint density at radius 3 is 2.58 bits per heavy atom. The highest BCUT2D eigenvalue weighted by Crippen LogP contribution is 2.27. The van der Waals surface area contributed by atoms with Crippen LogP contribution in [0, 0.1) is 0 Å². The van der Waals surface area contributed by atoms with Gasteiger partial charge >= 0.3 is 0 Å². The summed E-state index contributed by atoms with van der Waals surface area (Å²) in [5, 5.41) is 9.06. The molecule has 0 bridgehead atoms. The highest BCUT2D eigenvalue weighted by molar-refractivity contribution is 9.10. The number of carbonyl (C=O) groups excluding carboxylic acids is 1. The van der Waals surface area contributed by atoms with Crippen molar-refractivity contribution in [3.63, 3.8) is 0 Å². The average molecular weight is 322 g/mol. The van der Waals surface area contributed by atoms with Crippen LogP contribution in [0.2, 0.25) is 0 Å². The Morgan fingerprint density at radius 2 is 1.95 bits per heavy atom. The van der Waals surface area contributed by atoms with Crippen molar-refractivity contribution in [3.8, 4) is 11.5 Å². The fraction of sp³-hybridized carbons (Fsp3) is 0.0714. The van der Waals surface area contributed by atoms with Gasteiger partial charge < -0.3 is 15.6 Å². The molecule has 0 aromatic heterocycles. The molecule has 2 rings (SSSR count). The van der Waals surface area contributed by atoms with Crippen molar-refractivity contribution in [2.75, 3.05) is 0 Å². The van der Waals surface area contributed by atoms with E-state index in [4.69, 9.17) is 15.6 Å². The quantitative estimate of drug-likeness (QED) is 0.909. The molecule has 0 aliphatic carbocycles. The normalized spacial score (nSPS) is 10.2. The Bertz CT molecular complexity index is 613. The van der Waals surface area contributed by atoms with Crippen molar-refractivity contribution >= 4 is 21.8 Å². The maximum absolute atomic E-state index is 11.1. The average Bonchev–Trinajstić information content (AvgIpc) is 2.38. The fourth-order valence-corrected chi connectivity index (χ4v) is 2.16. The largest absolute Gasteiger partial charge is 0.457 e. The van der Waals surface area contributed by atoms with Crippen LogP contribution in [0.25, 0.3) is 0 Å². The second-order valence-corrected chi connectivity index (χ2v) is 4.77. The first-order valence-electron chi connectivity index (χ1n) is 5.57. The van der Waals surface area contributed by atoms with Crippen molar-refractivity contribution < 1.29 is 14.6 Å². The number of rotatable bonds is 4.